The summed E-state index contributed by atoms with van der Waals surface area (Å²) in [6.07, 6.45) is 5.64. The number of aryl methyl sites for hydroxylation is 2. The third-order valence-electron chi connectivity index (χ3n) is 3.17. The van der Waals surface area contributed by atoms with Crippen molar-refractivity contribution in [2.45, 2.75) is 32.6 Å². The van der Waals surface area contributed by atoms with Crippen molar-refractivity contribution >= 4 is 0 Å². The minimum atomic E-state index is 0.853. The maximum atomic E-state index is 5.21. The van der Waals surface area contributed by atoms with Gasteiger partial charge in [0.2, 0.25) is 0 Å². The molecule has 0 bridgehead atoms. The van der Waals surface area contributed by atoms with Crippen LogP contribution in [0.1, 0.15) is 31.4 Å². The van der Waals surface area contributed by atoms with Crippen molar-refractivity contribution in [2.75, 3.05) is 7.11 Å². The number of nitrogens with zero attached hydrogens (tertiary/aromatic N) is 3. The van der Waals surface area contributed by atoms with Gasteiger partial charge in [-0.3, -0.25) is 4.57 Å². The van der Waals surface area contributed by atoms with E-state index in [9.17, 15) is 0 Å². The number of aromatic nitrogens is 3. The number of methoxy groups -OCH3 is 1. The third kappa shape index (κ3) is 3.07. The summed E-state index contributed by atoms with van der Waals surface area (Å²) in [6, 6.07) is 8.00. The predicted molar refractivity (Wildman–Crippen MR) is 80.4 cm³/mol. The maximum absolute atomic E-state index is 5.21. The fraction of sp³-hybridized carbons (Fsp3) is 0.375. The molecule has 0 spiro atoms. The summed E-state index contributed by atoms with van der Waals surface area (Å²) in [4.78, 5) is 0. The molecular formula is C16H21N3O. The van der Waals surface area contributed by atoms with Crippen LogP contribution in [0.5, 0.6) is 5.75 Å². The molecular weight excluding hydrogens is 250 g/mol. The Labute approximate surface area is 120 Å². The van der Waals surface area contributed by atoms with Gasteiger partial charge >= 0.3 is 0 Å². The van der Waals surface area contributed by atoms with E-state index < -0.39 is 0 Å². The summed E-state index contributed by atoms with van der Waals surface area (Å²) in [6.45, 7) is 5.92. The molecule has 1 aromatic carbocycles. The van der Waals surface area contributed by atoms with E-state index in [0.29, 0.717) is 0 Å². The first-order valence-corrected chi connectivity index (χ1v) is 6.98. The van der Waals surface area contributed by atoms with Crippen LogP contribution in [-0.2, 0) is 12.8 Å². The highest BCUT2D eigenvalue weighted by molar-refractivity contribution is 5.39. The van der Waals surface area contributed by atoms with Gasteiger partial charge in [0.1, 0.15) is 17.4 Å². The molecule has 4 heteroatoms. The second-order valence-corrected chi connectivity index (χ2v) is 4.64. The zero-order chi connectivity index (χ0) is 14.4. The lowest BCUT2D eigenvalue weighted by Gasteiger charge is -2.10. The van der Waals surface area contributed by atoms with Crippen LogP contribution in [0.25, 0.3) is 5.69 Å². The van der Waals surface area contributed by atoms with Gasteiger partial charge < -0.3 is 4.74 Å². The lowest BCUT2D eigenvalue weighted by atomic mass is 10.2. The van der Waals surface area contributed by atoms with Crippen LogP contribution in [0.2, 0.25) is 0 Å². The standard InChI is InChI=1S/C16H21N3O/c1-4-6-8-16-18-17-15(7-5-2)19(16)13-9-11-14(20-3)12-10-13/h4,9-12H,1,5-8H2,2-3H3. The number of hydrogen-bond acceptors (Lipinski definition) is 3. The van der Waals surface area contributed by atoms with Gasteiger partial charge in [-0.2, -0.15) is 0 Å². The first kappa shape index (κ1) is 14.3. The largest absolute Gasteiger partial charge is 0.497 e. The van der Waals surface area contributed by atoms with Crippen LogP contribution < -0.4 is 4.74 Å². The van der Waals surface area contributed by atoms with E-state index in [0.717, 1.165) is 48.8 Å². The Kier molecular flexibility index (Phi) is 4.93. The van der Waals surface area contributed by atoms with Gasteiger partial charge in [-0.1, -0.05) is 13.0 Å². The number of rotatable bonds is 7. The number of hydrogen-bond donors (Lipinski definition) is 0. The van der Waals surface area contributed by atoms with Crippen molar-refractivity contribution in [2.24, 2.45) is 0 Å². The van der Waals surface area contributed by atoms with E-state index in [1.807, 2.05) is 30.3 Å². The molecule has 0 atom stereocenters. The van der Waals surface area contributed by atoms with Crippen molar-refractivity contribution in [3.63, 3.8) is 0 Å². The van der Waals surface area contributed by atoms with Gasteiger partial charge in [0.05, 0.1) is 7.11 Å². The molecule has 1 aromatic heterocycles. The highest BCUT2D eigenvalue weighted by atomic mass is 16.5. The zero-order valence-electron chi connectivity index (χ0n) is 12.2. The highest BCUT2D eigenvalue weighted by Crippen LogP contribution is 2.19. The zero-order valence-corrected chi connectivity index (χ0v) is 12.2. The second-order valence-electron chi connectivity index (χ2n) is 4.64. The molecule has 20 heavy (non-hydrogen) atoms. The molecule has 0 radical (unpaired) electrons. The smallest absolute Gasteiger partial charge is 0.137 e. The first-order chi connectivity index (χ1) is 9.80. The normalized spacial score (nSPS) is 10.5. The topological polar surface area (TPSA) is 39.9 Å². The summed E-state index contributed by atoms with van der Waals surface area (Å²) in [5.41, 5.74) is 1.08. The maximum Gasteiger partial charge on any atom is 0.137 e. The number of allylic oxidation sites excluding steroid dienone is 1. The molecule has 0 aliphatic heterocycles. The van der Waals surface area contributed by atoms with E-state index in [-0.39, 0.29) is 0 Å². The molecule has 0 saturated carbocycles. The molecule has 0 saturated heterocycles. The molecule has 2 rings (SSSR count). The minimum absolute atomic E-state index is 0.853. The SMILES string of the molecule is C=CCCc1nnc(CCC)n1-c1ccc(OC)cc1. The van der Waals surface area contributed by atoms with Crippen LogP contribution in [0.3, 0.4) is 0 Å². The van der Waals surface area contributed by atoms with Crippen molar-refractivity contribution < 1.29 is 4.74 Å². The van der Waals surface area contributed by atoms with Crippen molar-refractivity contribution in [1.82, 2.24) is 14.8 Å². The van der Waals surface area contributed by atoms with Crippen LogP contribution in [0.15, 0.2) is 36.9 Å². The van der Waals surface area contributed by atoms with Crippen LogP contribution in [-0.4, -0.2) is 21.9 Å². The third-order valence-corrected chi connectivity index (χ3v) is 3.17. The molecule has 0 aliphatic rings. The second kappa shape index (κ2) is 6.89. The summed E-state index contributed by atoms with van der Waals surface area (Å²) < 4.78 is 7.35. The van der Waals surface area contributed by atoms with Crippen LogP contribution >= 0.6 is 0 Å². The van der Waals surface area contributed by atoms with E-state index in [1.165, 1.54) is 0 Å². The Morgan fingerprint density at radius 2 is 1.80 bits per heavy atom. The Morgan fingerprint density at radius 3 is 2.35 bits per heavy atom. The molecule has 0 aliphatic carbocycles. The van der Waals surface area contributed by atoms with Gasteiger partial charge in [0.15, 0.2) is 0 Å². The predicted octanol–water partition coefficient (Wildman–Crippen LogP) is 3.35. The fourth-order valence-corrected chi connectivity index (χ4v) is 2.16. The Bertz CT molecular complexity index is 558. The first-order valence-electron chi connectivity index (χ1n) is 6.98. The number of ether oxygens (including phenoxy) is 1. The summed E-state index contributed by atoms with van der Waals surface area (Å²) in [5.74, 6) is 2.85. The average Bonchev–Trinajstić information content (AvgIpc) is 2.88. The molecule has 4 nitrogen and oxygen atoms in total. The van der Waals surface area contributed by atoms with E-state index in [4.69, 9.17) is 4.74 Å². The molecule has 106 valence electrons. The fourth-order valence-electron chi connectivity index (χ4n) is 2.16. The lowest BCUT2D eigenvalue weighted by molar-refractivity contribution is 0.414. The van der Waals surface area contributed by atoms with Gasteiger partial charge in [-0.15, -0.1) is 16.8 Å². The molecule has 0 N–H and O–H groups in total. The quantitative estimate of drug-likeness (QED) is 0.725. The molecule has 0 unspecified atom stereocenters. The molecule has 2 aromatic rings. The van der Waals surface area contributed by atoms with Crippen LogP contribution in [0, 0.1) is 0 Å². The summed E-state index contributed by atoms with van der Waals surface area (Å²) >= 11 is 0. The molecule has 0 fully saturated rings. The van der Waals surface area contributed by atoms with Crippen molar-refractivity contribution in [3.05, 3.63) is 48.6 Å². The Balaban J connectivity index is 2.38. The average molecular weight is 271 g/mol. The number of benzene rings is 1. The van der Waals surface area contributed by atoms with Gasteiger partial charge in [0.25, 0.3) is 0 Å². The van der Waals surface area contributed by atoms with Crippen molar-refractivity contribution in [3.8, 4) is 11.4 Å². The van der Waals surface area contributed by atoms with E-state index in [1.54, 1.807) is 7.11 Å². The van der Waals surface area contributed by atoms with Gasteiger partial charge in [0, 0.05) is 18.5 Å². The molecule has 0 amide bonds. The molecule has 1 heterocycles. The van der Waals surface area contributed by atoms with Gasteiger partial charge in [-0.05, 0) is 37.1 Å². The van der Waals surface area contributed by atoms with E-state index in [2.05, 4.69) is 28.3 Å². The summed E-state index contributed by atoms with van der Waals surface area (Å²) in [7, 11) is 1.67. The minimum Gasteiger partial charge on any atom is -0.497 e. The monoisotopic (exact) mass is 271 g/mol. The lowest BCUT2D eigenvalue weighted by Crippen LogP contribution is -2.05. The van der Waals surface area contributed by atoms with Crippen LogP contribution in [0.4, 0.5) is 0 Å². The Morgan fingerprint density at radius 1 is 1.15 bits per heavy atom. The van der Waals surface area contributed by atoms with Gasteiger partial charge in [-0.25, -0.2) is 0 Å². The Hall–Kier alpha value is -2.10. The summed E-state index contributed by atoms with van der Waals surface area (Å²) in [5, 5.41) is 8.65. The van der Waals surface area contributed by atoms with Crippen molar-refractivity contribution in [1.29, 1.82) is 0 Å². The van der Waals surface area contributed by atoms with E-state index >= 15 is 0 Å². The highest BCUT2D eigenvalue weighted by Gasteiger charge is 2.12.